The Hall–Kier alpha value is -0.0700. The molecule has 0 heterocycles. The van der Waals surface area contributed by atoms with Crippen LogP contribution in [-0.4, -0.2) is 0 Å². The van der Waals surface area contributed by atoms with Crippen LogP contribution in [0.1, 0.15) is 44.9 Å². The van der Waals surface area contributed by atoms with Crippen LogP contribution in [0.2, 0.25) is 0 Å². The van der Waals surface area contributed by atoms with Crippen LogP contribution in [-0.2, 0) is 0 Å². The zero-order valence-corrected chi connectivity index (χ0v) is 5.36. The molecule has 50 valence electrons. The van der Waals surface area contributed by atoms with Crippen molar-refractivity contribution >= 4 is 0 Å². The molecule has 1 aliphatic rings. The number of hydrogen-bond acceptors (Lipinski definition) is 0. The van der Waals surface area contributed by atoms with E-state index in [1.165, 1.54) is 44.9 Å². The lowest BCUT2D eigenvalue weighted by atomic mass is 10.2. The third-order valence-corrected chi connectivity index (χ3v) is 1.75. The van der Waals surface area contributed by atoms with Crippen molar-refractivity contribution in [2.45, 2.75) is 44.9 Å². The van der Waals surface area contributed by atoms with Gasteiger partial charge in [-0.05, 0) is 0 Å². The lowest BCUT2D eigenvalue weighted by Crippen LogP contribution is -1.66. The maximum Gasteiger partial charge on any atom is -0.0533 e. The minimum absolute atomic E-state index is 0. The molecular weight excluding hydrogens is 103 g/mol. The normalized spacial score (nSPS) is 21.0. The average Bonchev–Trinajstić information content (AvgIpc) is 1.90. The first-order valence-corrected chi connectivity index (χ1v) is 3.50. The molecule has 0 bridgehead atoms. The standard InChI is InChI=1S/C7H14.FH/c1-2-4-6-7-5-3-1;/h1-7H2;1H. The summed E-state index contributed by atoms with van der Waals surface area (Å²) in [6.45, 7) is 0. The van der Waals surface area contributed by atoms with Gasteiger partial charge in [0, 0.05) is 0 Å². The number of rotatable bonds is 0. The third-order valence-electron chi connectivity index (χ3n) is 1.75. The van der Waals surface area contributed by atoms with E-state index in [0.29, 0.717) is 0 Å². The highest BCUT2D eigenvalue weighted by Gasteiger charge is 1.95. The average molecular weight is 118 g/mol. The highest BCUT2D eigenvalue weighted by atomic mass is 19.0. The molecule has 0 atom stereocenters. The fraction of sp³-hybridized carbons (Fsp3) is 1.00. The van der Waals surface area contributed by atoms with Crippen molar-refractivity contribution in [1.29, 1.82) is 0 Å². The maximum absolute atomic E-state index is 1.50. The van der Waals surface area contributed by atoms with Crippen molar-refractivity contribution in [2.75, 3.05) is 0 Å². The topological polar surface area (TPSA) is 0 Å². The van der Waals surface area contributed by atoms with Crippen LogP contribution in [0, 0.1) is 0 Å². The molecule has 1 aliphatic carbocycles. The second-order valence-corrected chi connectivity index (χ2v) is 2.47. The largest absolute Gasteiger partial charge is 0.269 e. The van der Waals surface area contributed by atoms with Crippen LogP contribution >= 0.6 is 0 Å². The monoisotopic (exact) mass is 118 g/mol. The lowest BCUT2D eigenvalue weighted by molar-refractivity contribution is 0.702. The van der Waals surface area contributed by atoms with E-state index < -0.39 is 0 Å². The van der Waals surface area contributed by atoms with Crippen molar-refractivity contribution in [3.63, 3.8) is 0 Å². The molecule has 1 fully saturated rings. The van der Waals surface area contributed by atoms with Gasteiger partial charge in [0.15, 0.2) is 0 Å². The van der Waals surface area contributed by atoms with Gasteiger partial charge in [-0.15, -0.1) is 0 Å². The first kappa shape index (κ1) is 7.93. The van der Waals surface area contributed by atoms with Crippen molar-refractivity contribution < 1.29 is 4.70 Å². The third kappa shape index (κ3) is 3.00. The van der Waals surface area contributed by atoms with Crippen molar-refractivity contribution in [1.82, 2.24) is 0 Å². The summed E-state index contributed by atoms with van der Waals surface area (Å²) in [6.07, 6.45) is 10.5. The van der Waals surface area contributed by atoms with Gasteiger partial charge in [0.25, 0.3) is 0 Å². The highest BCUT2D eigenvalue weighted by Crippen LogP contribution is 2.15. The summed E-state index contributed by atoms with van der Waals surface area (Å²) >= 11 is 0. The van der Waals surface area contributed by atoms with Gasteiger partial charge < -0.3 is 0 Å². The van der Waals surface area contributed by atoms with E-state index >= 15 is 0 Å². The maximum atomic E-state index is 1.50. The number of hydrogen-bond donors (Lipinski definition) is 0. The van der Waals surface area contributed by atoms with Gasteiger partial charge in [-0.2, -0.15) is 0 Å². The zero-order chi connectivity index (χ0) is 4.95. The smallest absolute Gasteiger partial charge is 0.0533 e. The Labute approximate surface area is 50.7 Å². The molecule has 0 spiro atoms. The van der Waals surface area contributed by atoms with E-state index in [-0.39, 0.29) is 4.70 Å². The Morgan fingerprint density at radius 3 is 0.625 bits per heavy atom. The molecule has 0 radical (unpaired) electrons. The van der Waals surface area contributed by atoms with Crippen molar-refractivity contribution in [2.24, 2.45) is 0 Å². The van der Waals surface area contributed by atoms with E-state index in [2.05, 4.69) is 0 Å². The Kier molecular flexibility index (Phi) is 5.03. The van der Waals surface area contributed by atoms with Gasteiger partial charge in [0.05, 0.1) is 0 Å². The van der Waals surface area contributed by atoms with E-state index in [1.54, 1.807) is 0 Å². The molecule has 1 saturated carbocycles. The van der Waals surface area contributed by atoms with Gasteiger partial charge in [0.2, 0.25) is 0 Å². The Morgan fingerprint density at radius 1 is 0.375 bits per heavy atom. The number of halogens is 1. The van der Waals surface area contributed by atoms with Crippen molar-refractivity contribution in [3.05, 3.63) is 0 Å². The van der Waals surface area contributed by atoms with Gasteiger partial charge in [-0.3, -0.25) is 4.70 Å². The van der Waals surface area contributed by atoms with Crippen LogP contribution < -0.4 is 0 Å². The van der Waals surface area contributed by atoms with Crippen LogP contribution in [0.15, 0.2) is 0 Å². The SMILES string of the molecule is C1CCCCCC1.F. The molecule has 0 unspecified atom stereocenters. The molecule has 1 heteroatoms. The predicted octanol–water partition coefficient (Wildman–Crippen LogP) is 2.88. The molecular formula is C7H15F. The fourth-order valence-electron chi connectivity index (χ4n) is 1.24. The lowest BCUT2D eigenvalue weighted by Gasteiger charge is -1.85. The van der Waals surface area contributed by atoms with Gasteiger partial charge >= 0.3 is 0 Å². The molecule has 0 saturated heterocycles. The summed E-state index contributed by atoms with van der Waals surface area (Å²) in [4.78, 5) is 0. The quantitative estimate of drug-likeness (QED) is 0.429. The first-order valence-electron chi connectivity index (χ1n) is 3.50. The fourth-order valence-corrected chi connectivity index (χ4v) is 1.24. The van der Waals surface area contributed by atoms with Gasteiger partial charge in [0.1, 0.15) is 0 Å². The Morgan fingerprint density at radius 2 is 0.500 bits per heavy atom. The minimum atomic E-state index is 0. The zero-order valence-electron chi connectivity index (χ0n) is 5.36. The predicted molar refractivity (Wildman–Crippen MR) is 34.8 cm³/mol. The molecule has 0 amide bonds. The van der Waals surface area contributed by atoms with Gasteiger partial charge in [-0.25, -0.2) is 0 Å². The summed E-state index contributed by atoms with van der Waals surface area (Å²) in [7, 11) is 0. The van der Waals surface area contributed by atoms with Crippen LogP contribution in [0.3, 0.4) is 0 Å². The van der Waals surface area contributed by atoms with E-state index in [0.717, 1.165) is 0 Å². The second kappa shape index (κ2) is 5.07. The summed E-state index contributed by atoms with van der Waals surface area (Å²) in [6, 6.07) is 0. The second-order valence-electron chi connectivity index (χ2n) is 2.47. The van der Waals surface area contributed by atoms with E-state index in [1.807, 2.05) is 0 Å². The molecule has 0 aliphatic heterocycles. The first-order chi connectivity index (χ1) is 3.50. The Bertz CT molecular complexity index is 24.0. The molecule has 0 aromatic carbocycles. The summed E-state index contributed by atoms with van der Waals surface area (Å²) in [5.74, 6) is 0. The molecule has 8 heavy (non-hydrogen) atoms. The van der Waals surface area contributed by atoms with Crippen molar-refractivity contribution in [3.8, 4) is 0 Å². The molecule has 1 rings (SSSR count). The van der Waals surface area contributed by atoms with E-state index in [4.69, 9.17) is 0 Å². The highest BCUT2D eigenvalue weighted by molar-refractivity contribution is 4.51. The molecule has 0 aromatic heterocycles. The van der Waals surface area contributed by atoms with Gasteiger partial charge in [-0.1, -0.05) is 44.9 Å². The summed E-state index contributed by atoms with van der Waals surface area (Å²) in [5.41, 5.74) is 0. The van der Waals surface area contributed by atoms with Crippen LogP contribution in [0.4, 0.5) is 4.70 Å². The summed E-state index contributed by atoms with van der Waals surface area (Å²) in [5, 5.41) is 0. The van der Waals surface area contributed by atoms with Crippen LogP contribution in [0.5, 0.6) is 0 Å². The Balaban J connectivity index is 0.000000490. The van der Waals surface area contributed by atoms with E-state index in [9.17, 15) is 0 Å². The molecule has 0 aromatic rings. The molecule has 0 N–H and O–H groups in total. The van der Waals surface area contributed by atoms with Crippen LogP contribution in [0.25, 0.3) is 0 Å². The molecule has 0 nitrogen and oxygen atoms in total. The minimum Gasteiger partial charge on any atom is -0.269 e. The summed E-state index contributed by atoms with van der Waals surface area (Å²) < 4.78 is 0.